The van der Waals surface area contributed by atoms with E-state index in [2.05, 4.69) is 16.7 Å². The fraction of sp³-hybridized carbons (Fsp3) is 0.200. The molecule has 3 rings (SSSR count). The van der Waals surface area contributed by atoms with Gasteiger partial charge in [-0.15, -0.1) is 11.3 Å². The molecule has 2 heterocycles. The lowest BCUT2D eigenvalue weighted by atomic mass is 10.2. The van der Waals surface area contributed by atoms with Crippen LogP contribution in [0.4, 0.5) is 0 Å². The number of nitrogens with zero attached hydrogens (tertiary/aromatic N) is 3. The Hall–Kier alpha value is -3.06. The molecule has 3 aromatic rings. The van der Waals surface area contributed by atoms with Crippen molar-refractivity contribution in [1.29, 1.82) is 0 Å². The van der Waals surface area contributed by atoms with Gasteiger partial charge in [0.2, 0.25) is 4.80 Å². The van der Waals surface area contributed by atoms with Crippen LogP contribution in [0.15, 0.2) is 68.6 Å². The SMILES string of the molecule is C=C(C)CN=c1scc(-c2ccco2)n1N=Cc1cccc(OCC)c1O. The molecule has 0 bridgehead atoms. The van der Waals surface area contributed by atoms with Gasteiger partial charge in [0.05, 0.1) is 25.6 Å². The molecular weight excluding hydrogens is 362 g/mol. The van der Waals surface area contributed by atoms with Gasteiger partial charge in [0.15, 0.2) is 17.3 Å². The van der Waals surface area contributed by atoms with E-state index in [0.29, 0.717) is 35.0 Å². The van der Waals surface area contributed by atoms with E-state index in [4.69, 9.17) is 9.15 Å². The number of aromatic nitrogens is 1. The van der Waals surface area contributed by atoms with Gasteiger partial charge in [0, 0.05) is 10.9 Å². The van der Waals surface area contributed by atoms with Gasteiger partial charge in [-0.1, -0.05) is 18.2 Å². The van der Waals surface area contributed by atoms with Gasteiger partial charge in [-0.25, -0.2) is 4.68 Å². The summed E-state index contributed by atoms with van der Waals surface area (Å²) in [5.74, 6) is 1.17. The molecule has 0 spiro atoms. The summed E-state index contributed by atoms with van der Waals surface area (Å²) in [6.45, 7) is 8.66. The summed E-state index contributed by atoms with van der Waals surface area (Å²) in [5, 5.41) is 16.8. The highest BCUT2D eigenvalue weighted by atomic mass is 32.1. The van der Waals surface area contributed by atoms with Crippen LogP contribution < -0.4 is 9.54 Å². The van der Waals surface area contributed by atoms with E-state index in [1.165, 1.54) is 11.3 Å². The van der Waals surface area contributed by atoms with Gasteiger partial charge < -0.3 is 14.3 Å². The lowest BCUT2D eigenvalue weighted by Crippen LogP contribution is -2.12. The minimum atomic E-state index is 0.0545. The summed E-state index contributed by atoms with van der Waals surface area (Å²) < 4.78 is 12.6. The second kappa shape index (κ2) is 8.55. The van der Waals surface area contributed by atoms with Crippen LogP contribution >= 0.6 is 11.3 Å². The molecule has 6 nitrogen and oxygen atoms in total. The largest absolute Gasteiger partial charge is 0.504 e. The monoisotopic (exact) mass is 383 g/mol. The van der Waals surface area contributed by atoms with Crippen molar-refractivity contribution in [3.05, 3.63) is 64.5 Å². The van der Waals surface area contributed by atoms with Crippen molar-refractivity contribution in [2.24, 2.45) is 10.1 Å². The normalized spacial score (nSPS) is 12.0. The number of benzene rings is 1. The molecule has 0 aliphatic rings. The van der Waals surface area contributed by atoms with E-state index in [1.807, 2.05) is 37.4 Å². The number of hydrogen-bond donors (Lipinski definition) is 1. The molecule has 0 fully saturated rings. The van der Waals surface area contributed by atoms with Crippen LogP contribution in [0.25, 0.3) is 11.5 Å². The lowest BCUT2D eigenvalue weighted by molar-refractivity contribution is 0.318. The first kappa shape index (κ1) is 18.7. The zero-order chi connectivity index (χ0) is 19.2. The van der Waals surface area contributed by atoms with Crippen LogP contribution in [0.5, 0.6) is 11.5 Å². The number of phenols is 1. The van der Waals surface area contributed by atoms with Crippen LogP contribution in [0.1, 0.15) is 19.4 Å². The van der Waals surface area contributed by atoms with E-state index in [0.717, 1.165) is 11.3 Å². The highest BCUT2D eigenvalue weighted by Gasteiger charge is 2.11. The third-order valence-electron chi connectivity index (χ3n) is 3.59. The molecule has 140 valence electrons. The number of furan rings is 1. The molecule has 0 aliphatic carbocycles. The Morgan fingerprint density at radius 3 is 2.93 bits per heavy atom. The fourth-order valence-electron chi connectivity index (χ4n) is 2.35. The van der Waals surface area contributed by atoms with Crippen molar-refractivity contribution in [2.45, 2.75) is 13.8 Å². The third-order valence-corrected chi connectivity index (χ3v) is 4.44. The first-order chi connectivity index (χ1) is 13.1. The van der Waals surface area contributed by atoms with Gasteiger partial charge in [0.25, 0.3) is 0 Å². The standard InChI is InChI=1S/C20H21N3O3S/c1-4-25-18-8-5-7-15(19(18)24)12-22-23-16(17-9-6-10-26-17)13-27-20(23)21-11-14(2)3/h5-10,12-13,24H,2,4,11H2,1,3H3. The maximum Gasteiger partial charge on any atom is 0.206 e. The van der Waals surface area contributed by atoms with Gasteiger partial charge in [-0.3, -0.25) is 4.99 Å². The number of aromatic hydroxyl groups is 1. The minimum absolute atomic E-state index is 0.0545. The fourth-order valence-corrected chi connectivity index (χ4v) is 3.17. The summed E-state index contributed by atoms with van der Waals surface area (Å²) in [5.41, 5.74) is 2.29. The molecule has 1 aromatic carbocycles. The number of rotatable bonds is 7. The van der Waals surface area contributed by atoms with E-state index >= 15 is 0 Å². The Morgan fingerprint density at radius 1 is 1.37 bits per heavy atom. The van der Waals surface area contributed by atoms with Gasteiger partial charge in [-0.2, -0.15) is 5.10 Å². The van der Waals surface area contributed by atoms with E-state index in [-0.39, 0.29) is 5.75 Å². The quantitative estimate of drug-likeness (QED) is 0.489. The topological polar surface area (TPSA) is 72.2 Å². The maximum atomic E-state index is 10.4. The smallest absolute Gasteiger partial charge is 0.206 e. The number of thiazole rings is 1. The average molecular weight is 383 g/mol. The number of para-hydroxylation sites is 1. The summed E-state index contributed by atoms with van der Waals surface area (Å²) in [7, 11) is 0. The zero-order valence-corrected chi connectivity index (χ0v) is 16.1. The average Bonchev–Trinajstić information content (AvgIpc) is 3.30. The second-order valence-electron chi connectivity index (χ2n) is 5.84. The van der Waals surface area contributed by atoms with Crippen molar-refractivity contribution in [3.63, 3.8) is 0 Å². The molecule has 0 saturated carbocycles. The van der Waals surface area contributed by atoms with E-state index in [1.54, 1.807) is 29.3 Å². The molecule has 1 N–H and O–H groups in total. The van der Waals surface area contributed by atoms with Crippen LogP contribution in [-0.2, 0) is 0 Å². The molecule has 27 heavy (non-hydrogen) atoms. The number of hydrogen-bond acceptors (Lipinski definition) is 6. The summed E-state index contributed by atoms with van der Waals surface area (Å²) >= 11 is 1.46. The Morgan fingerprint density at radius 2 is 2.22 bits per heavy atom. The minimum Gasteiger partial charge on any atom is -0.504 e. The maximum absolute atomic E-state index is 10.4. The van der Waals surface area contributed by atoms with E-state index in [9.17, 15) is 5.11 Å². The van der Waals surface area contributed by atoms with Crippen molar-refractivity contribution in [2.75, 3.05) is 13.2 Å². The molecule has 0 atom stereocenters. The number of phenolic OH excluding ortho intramolecular Hbond substituents is 1. The molecule has 0 amide bonds. The predicted octanol–water partition coefficient (Wildman–Crippen LogP) is 4.27. The highest BCUT2D eigenvalue weighted by Crippen LogP contribution is 2.28. The van der Waals surface area contributed by atoms with Crippen LogP contribution in [0.3, 0.4) is 0 Å². The first-order valence-corrected chi connectivity index (χ1v) is 9.36. The zero-order valence-electron chi connectivity index (χ0n) is 15.3. The predicted molar refractivity (Wildman–Crippen MR) is 108 cm³/mol. The lowest BCUT2D eigenvalue weighted by Gasteiger charge is -2.07. The van der Waals surface area contributed by atoms with Gasteiger partial charge in [0.1, 0.15) is 5.69 Å². The highest BCUT2D eigenvalue weighted by molar-refractivity contribution is 7.07. The molecule has 7 heteroatoms. The molecule has 0 radical (unpaired) electrons. The van der Waals surface area contributed by atoms with Crippen molar-refractivity contribution in [3.8, 4) is 23.0 Å². The summed E-state index contributed by atoms with van der Waals surface area (Å²) in [6, 6.07) is 8.98. The Labute approximate surface area is 161 Å². The second-order valence-corrected chi connectivity index (χ2v) is 6.67. The van der Waals surface area contributed by atoms with Crippen molar-refractivity contribution < 1.29 is 14.3 Å². The summed E-state index contributed by atoms with van der Waals surface area (Å²) in [4.78, 5) is 5.27. The van der Waals surface area contributed by atoms with Crippen molar-refractivity contribution >= 4 is 17.6 Å². The molecule has 0 aliphatic heterocycles. The molecule has 0 saturated heterocycles. The van der Waals surface area contributed by atoms with E-state index < -0.39 is 0 Å². The van der Waals surface area contributed by atoms with Gasteiger partial charge in [-0.05, 0) is 38.1 Å². The van der Waals surface area contributed by atoms with Crippen LogP contribution in [0.2, 0.25) is 0 Å². The van der Waals surface area contributed by atoms with Crippen molar-refractivity contribution in [1.82, 2.24) is 4.68 Å². The summed E-state index contributed by atoms with van der Waals surface area (Å²) in [6.07, 6.45) is 3.19. The Bertz CT molecular complexity index is 1010. The van der Waals surface area contributed by atoms with Crippen LogP contribution in [0, 0.1) is 0 Å². The number of ether oxygens (including phenoxy) is 1. The molecular formula is C20H21N3O3S. The van der Waals surface area contributed by atoms with Gasteiger partial charge >= 0.3 is 0 Å². The molecule has 0 unspecified atom stereocenters. The Balaban J connectivity index is 2.04. The Kier molecular flexibility index (Phi) is 5.93. The first-order valence-electron chi connectivity index (χ1n) is 8.48. The third kappa shape index (κ3) is 4.38. The van der Waals surface area contributed by atoms with Crippen LogP contribution in [-0.4, -0.2) is 29.1 Å². The molecule has 2 aromatic heterocycles.